The molecule has 1 rings (SSSR count). The highest BCUT2D eigenvalue weighted by molar-refractivity contribution is 5.76. The van der Waals surface area contributed by atoms with Gasteiger partial charge in [-0.2, -0.15) is 0 Å². The normalized spacial score (nSPS) is 22.1. The molecule has 0 spiro atoms. The molecule has 0 aromatic heterocycles. The minimum absolute atomic E-state index is 0.271. The molecule has 0 aromatic carbocycles. The molecule has 1 saturated carbocycles. The summed E-state index contributed by atoms with van der Waals surface area (Å²) >= 11 is 0. The quantitative estimate of drug-likeness (QED) is 0.725. The minimum atomic E-state index is -0.507. The lowest BCUT2D eigenvalue weighted by Gasteiger charge is -2.42. The van der Waals surface area contributed by atoms with Crippen molar-refractivity contribution < 1.29 is 19.1 Å². The highest BCUT2D eigenvalue weighted by Gasteiger charge is 2.39. The van der Waals surface area contributed by atoms with Gasteiger partial charge in [-0.1, -0.05) is 27.2 Å². The zero-order valence-corrected chi connectivity index (χ0v) is 13.5. The van der Waals surface area contributed by atoms with E-state index < -0.39 is 11.6 Å². The standard InChI is InChI=1S/C16H28O4/c1-6-13(17)19-11-14(18)20-16(4,5)12-8-7-9-15(2,3)10-12/h12H,6-11H2,1-5H3. The third-order valence-electron chi connectivity index (χ3n) is 4.20. The summed E-state index contributed by atoms with van der Waals surface area (Å²) < 4.78 is 10.4. The van der Waals surface area contributed by atoms with Gasteiger partial charge in [0, 0.05) is 6.42 Å². The second kappa shape index (κ2) is 6.59. The summed E-state index contributed by atoms with van der Waals surface area (Å²) in [6.07, 6.45) is 4.80. The first kappa shape index (κ1) is 17.0. The maximum absolute atomic E-state index is 11.8. The Hall–Kier alpha value is -1.06. The van der Waals surface area contributed by atoms with Crippen LogP contribution in [0.2, 0.25) is 0 Å². The van der Waals surface area contributed by atoms with E-state index in [1.807, 2.05) is 13.8 Å². The SMILES string of the molecule is CCC(=O)OCC(=O)OC(C)(C)C1CCCC(C)(C)C1. The van der Waals surface area contributed by atoms with Crippen LogP contribution in [0.1, 0.15) is 66.7 Å². The Balaban J connectivity index is 2.51. The first-order valence-electron chi connectivity index (χ1n) is 7.54. The molecule has 1 atom stereocenters. The van der Waals surface area contributed by atoms with Crippen LogP contribution in [0.3, 0.4) is 0 Å². The summed E-state index contributed by atoms with van der Waals surface area (Å²) in [5.74, 6) is -0.476. The number of hydrogen-bond acceptors (Lipinski definition) is 4. The molecule has 0 heterocycles. The van der Waals surface area contributed by atoms with Crippen LogP contribution in [-0.4, -0.2) is 24.1 Å². The van der Waals surface area contributed by atoms with Gasteiger partial charge >= 0.3 is 11.9 Å². The molecular weight excluding hydrogens is 256 g/mol. The van der Waals surface area contributed by atoms with Gasteiger partial charge in [-0.15, -0.1) is 0 Å². The maximum Gasteiger partial charge on any atom is 0.344 e. The zero-order valence-electron chi connectivity index (χ0n) is 13.5. The highest BCUT2D eigenvalue weighted by atomic mass is 16.6. The first-order valence-corrected chi connectivity index (χ1v) is 7.54. The van der Waals surface area contributed by atoms with Crippen molar-refractivity contribution in [1.82, 2.24) is 0 Å². The summed E-state index contributed by atoms with van der Waals surface area (Å²) in [4.78, 5) is 22.8. The van der Waals surface area contributed by atoms with Gasteiger partial charge in [0.25, 0.3) is 0 Å². The molecule has 0 N–H and O–H groups in total. The van der Waals surface area contributed by atoms with Crippen molar-refractivity contribution in [2.45, 2.75) is 72.3 Å². The number of carbonyl (C=O) groups excluding carboxylic acids is 2. The van der Waals surface area contributed by atoms with Crippen molar-refractivity contribution in [2.75, 3.05) is 6.61 Å². The van der Waals surface area contributed by atoms with E-state index in [4.69, 9.17) is 9.47 Å². The fourth-order valence-electron chi connectivity index (χ4n) is 2.94. The Kier molecular flexibility index (Phi) is 5.60. The van der Waals surface area contributed by atoms with E-state index in [-0.39, 0.29) is 19.0 Å². The number of esters is 2. The maximum atomic E-state index is 11.8. The predicted octanol–water partition coefficient (Wildman–Crippen LogP) is 3.48. The molecule has 1 fully saturated rings. The van der Waals surface area contributed by atoms with E-state index in [2.05, 4.69) is 13.8 Å². The summed E-state index contributed by atoms with van der Waals surface area (Å²) in [5.41, 5.74) is -0.200. The zero-order chi connectivity index (χ0) is 15.4. The van der Waals surface area contributed by atoms with E-state index in [0.717, 1.165) is 12.8 Å². The van der Waals surface area contributed by atoms with E-state index in [1.165, 1.54) is 12.8 Å². The number of carbonyl (C=O) groups is 2. The summed E-state index contributed by atoms with van der Waals surface area (Å²) in [5, 5.41) is 0. The molecule has 0 aliphatic heterocycles. The Bertz CT molecular complexity index is 357. The van der Waals surface area contributed by atoms with Crippen molar-refractivity contribution in [3.05, 3.63) is 0 Å². The fraction of sp³-hybridized carbons (Fsp3) is 0.875. The van der Waals surface area contributed by atoms with Crippen LogP contribution >= 0.6 is 0 Å². The fourth-order valence-corrected chi connectivity index (χ4v) is 2.94. The lowest BCUT2D eigenvalue weighted by Crippen LogP contribution is -2.42. The highest BCUT2D eigenvalue weighted by Crippen LogP contribution is 2.43. The van der Waals surface area contributed by atoms with E-state index in [1.54, 1.807) is 6.92 Å². The number of rotatable bonds is 5. The third kappa shape index (κ3) is 5.14. The summed E-state index contributed by atoms with van der Waals surface area (Å²) in [6.45, 7) is 9.85. The third-order valence-corrected chi connectivity index (χ3v) is 4.20. The van der Waals surface area contributed by atoms with Gasteiger partial charge in [-0.3, -0.25) is 4.79 Å². The molecule has 0 amide bonds. The van der Waals surface area contributed by atoms with Gasteiger partial charge < -0.3 is 9.47 Å². The molecule has 1 unspecified atom stereocenters. The second-order valence-corrected chi connectivity index (χ2v) is 7.05. The van der Waals surface area contributed by atoms with E-state index >= 15 is 0 Å². The second-order valence-electron chi connectivity index (χ2n) is 7.05. The predicted molar refractivity (Wildman–Crippen MR) is 77.2 cm³/mol. The molecule has 4 heteroatoms. The molecule has 1 aliphatic carbocycles. The van der Waals surface area contributed by atoms with Crippen molar-refractivity contribution in [1.29, 1.82) is 0 Å². The summed E-state index contributed by atoms with van der Waals surface area (Å²) in [6, 6.07) is 0. The van der Waals surface area contributed by atoms with Crippen LogP contribution in [0.4, 0.5) is 0 Å². The molecule has 0 radical (unpaired) electrons. The Labute approximate surface area is 122 Å². The largest absolute Gasteiger partial charge is 0.457 e. The first-order chi connectivity index (χ1) is 9.16. The molecule has 0 aromatic rings. The lowest BCUT2D eigenvalue weighted by atomic mass is 9.67. The Morgan fingerprint density at radius 2 is 1.90 bits per heavy atom. The molecule has 0 bridgehead atoms. The molecule has 20 heavy (non-hydrogen) atoms. The van der Waals surface area contributed by atoms with Crippen LogP contribution in [0.25, 0.3) is 0 Å². The van der Waals surface area contributed by atoms with Crippen LogP contribution in [0.15, 0.2) is 0 Å². The minimum Gasteiger partial charge on any atom is -0.457 e. The van der Waals surface area contributed by atoms with Gasteiger partial charge in [0.1, 0.15) is 5.60 Å². The molecule has 4 nitrogen and oxygen atoms in total. The number of ether oxygens (including phenoxy) is 2. The van der Waals surface area contributed by atoms with E-state index in [0.29, 0.717) is 11.3 Å². The summed E-state index contributed by atoms with van der Waals surface area (Å²) in [7, 11) is 0. The average Bonchev–Trinajstić information content (AvgIpc) is 2.34. The monoisotopic (exact) mass is 284 g/mol. The molecule has 0 saturated heterocycles. The average molecular weight is 284 g/mol. The van der Waals surface area contributed by atoms with Crippen molar-refractivity contribution in [3.8, 4) is 0 Å². The van der Waals surface area contributed by atoms with Gasteiger partial charge in [-0.25, -0.2) is 4.79 Å². The van der Waals surface area contributed by atoms with Crippen LogP contribution in [0, 0.1) is 11.3 Å². The van der Waals surface area contributed by atoms with Crippen LogP contribution in [-0.2, 0) is 19.1 Å². The van der Waals surface area contributed by atoms with Crippen LogP contribution in [0.5, 0.6) is 0 Å². The lowest BCUT2D eigenvalue weighted by molar-refractivity contribution is -0.173. The van der Waals surface area contributed by atoms with Gasteiger partial charge in [0.05, 0.1) is 0 Å². The van der Waals surface area contributed by atoms with Crippen molar-refractivity contribution in [2.24, 2.45) is 11.3 Å². The molecule has 1 aliphatic rings. The van der Waals surface area contributed by atoms with E-state index in [9.17, 15) is 9.59 Å². The van der Waals surface area contributed by atoms with Gasteiger partial charge in [-0.05, 0) is 44.4 Å². The van der Waals surface area contributed by atoms with Crippen LogP contribution < -0.4 is 0 Å². The topological polar surface area (TPSA) is 52.6 Å². The number of hydrogen-bond donors (Lipinski definition) is 0. The Morgan fingerprint density at radius 3 is 2.45 bits per heavy atom. The molecular formula is C16H28O4. The van der Waals surface area contributed by atoms with Gasteiger partial charge in [0.15, 0.2) is 6.61 Å². The Morgan fingerprint density at radius 1 is 1.25 bits per heavy atom. The van der Waals surface area contributed by atoms with Crippen molar-refractivity contribution in [3.63, 3.8) is 0 Å². The van der Waals surface area contributed by atoms with Gasteiger partial charge in [0.2, 0.25) is 0 Å². The van der Waals surface area contributed by atoms with Crippen molar-refractivity contribution >= 4 is 11.9 Å². The smallest absolute Gasteiger partial charge is 0.344 e. The molecule has 116 valence electrons.